The van der Waals surface area contributed by atoms with Crippen molar-refractivity contribution in [1.29, 1.82) is 0 Å². The van der Waals surface area contributed by atoms with Crippen molar-refractivity contribution in [2.75, 3.05) is 0 Å². The SMILES string of the molecule is Cc1cc(F)ccc1CC(N)c1ncc[nH]1. The molecule has 0 aliphatic rings. The van der Waals surface area contributed by atoms with Crippen molar-refractivity contribution in [3.05, 3.63) is 53.4 Å². The first-order valence-electron chi connectivity index (χ1n) is 5.16. The standard InChI is InChI=1S/C12H14FN3/c1-8-6-10(13)3-2-9(8)7-11(14)12-15-4-5-16-12/h2-6,11H,7,14H2,1H3,(H,15,16). The second-order valence-electron chi connectivity index (χ2n) is 3.86. The zero-order valence-corrected chi connectivity index (χ0v) is 9.07. The van der Waals surface area contributed by atoms with E-state index in [4.69, 9.17) is 5.73 Å². The molecule has 3 nitrogen and oxygen atoms in total. The summed E-state index contributed by atoms with van der Waals surface area (Å²) >= 11 is 0. The summed E-state index contributed by atoms with van der Waals surface area (Å²) in [4.78, 5) is 7.08. The number of rotatable bonds is 3. The number of H-pyrrole nitrogens is 1. The van der Waals surface area contributed by atoms with Gasteiger partial charge in [-0.05, 0) is 36.6 Å². The lowest BCUT2D eigenvalue weighted by molar-refractivity contribution is 0.622. The smallest absolute Gasteiger partial charge is 0.123 e. The first kappa shape index (κ1) is 10.8. The number of halogens is 1. The van der Waals surface area contributed by atoms with Gasteiger partial charge in [0.1, 0.15) is 11.6 Å². The maximum atomic E-state index is 12.9. The molecule has 1 atom stereocenters. The number of nitrogens with one attached hydrogen (secondary N) is 1. The van der Waals surface area contributed by atoms with Crippen LogP contribution in [0.25, 0.3) is 0 Å². The number of benzene rings is 1. The van der Waals surface area contributed by atoms with Crippen molar-refractivity contribution >= 4 is 0 Å². The van der Waals surface area contributed by atoms with Gasteiger partial charge in [0.2, 0.25) is 0 Å². The van der Waals surface area contributed by atoms with E-state index in [2.05, 4.69) is 9.97 Å². The fourth-order valence-electron chi connectivity index (χ4n) is 1.70. The Morgan fingerprint density at radius 1 is 1.50 bits per heavy atom. The van der Waals surface area contributed by atoms with Crippen LogP contribution in [0.5, 0.6) is 0 Å². The molecule has 16 heavy (non-hydrogen) atoms. The van der Waals surface area contributed by atoms with Crippen LogP contribution in [-0.2, 0) is 6.42 Å². The van der Waals surface area contributed by atoms with Crippen LogP contribution in [-0.4, -0.2) is 9.97 Å². The molecule has 1 heterocycles. The third-order valence-electron chi connectivity index (χ3n) is 2.62. The van der Waals surface area contributed by atoms with E-state index in [0.717, 1.165) is 17.0 Å². The Bertz CT molecular complexity index is 465. The molecule has 1 aromatic heterocycles. The number of nitrogens with zero attached hydrogens (tertiary/aromatic N) is 1. The van der Waals surface area contributed by atoms with Crippen LogP contribution in [0.1, 0.15) is 23.0 Å². The summed E-state index contributed by atoms with van der Waals surface area (Å²) in [7, 11) is 0. The molecule has 0 saturated carbocycles. The topological polar surface area (TPSA) is 54.7 Å². The molecule has 1 aromatic carbocycles. The largest absolute Gasteiger partial charge is 0.347 e. The fraction of sp³-hybridized carbons (Fsp3) is 0.250. The molecule has 1 unspecified atom stereocenters. The second-order valence-corrected chi connectivity index (χ2v) is 3.86. The number of imidazole rings is 1. The van der Waals surface area contributed by atoms with Gasteiger partial charge in [-0.25, -0.2) is 9.37 Å². The summed E-state index contributed by atoms with van der Waals surface area (Å²) in [5.41, 5.74) is 7.96. The molecule has 0 saturated heterocycles. The number of hydrogen-bond donors (Lipinski definition) is 2. The quantitative estimate of drug-likeness (QED) is 0.830. The lowest BCUT2D eigenvalue weighted by Gasteiger charge is -2.11. The first-order chi connectivity index (χ1) is 7.66. The summed E-state index contributed by atoms with van der Waals surface area (Å²) < 4.78 is 12.9. The molecule has 0 fully saturated rings. The molecule has 0 aliphatic carbocycles. The van der Waals surface area contributed by atoms with Gasteiger partial charge in [0.15, 0.2) is 0 Å². The predicted octanol–water partition coefficient (Wildman–Crippen LogP) is 2.10. The van der Waals surface area contributed by atoms with Gasteiger partial charge < -0.3 is 10.7 Å². The summed E-state index contributed by atoms with van der Waals surface area (Å²) in [6, 6.07) is 4.56. The van der Waals surface area contributed by atoms with Crippen molar-refractivity contribution in [3.63, 3.8) is 0 Å². The van der Waals surface area contributed by atoms with E-state index in [1.54, 1.807) is 18.5 Å². The van der Waals surface area contributed by atoms with Crippen LogP contribution in [0, 0.1) is 12.7 Å². The van der Waals surface area contributed by atoms with Crippen LogP contribution in [0.2, 0.25) is 0 Å². The van der Waals surface area contributed by atoms with E-state index in [0.29, 0.717) is 6.42 Å². The molecule has 84 valence electrons. The van der Waals surface area contributed by atoms with Gasteiger partial charge >= 0.3 is 0 Å². The van der Waals surface area contributed by atoms with E-state index in [1.165, 1.54) is 12.1 Å². The zero-order valence-electron chi connectivity index (χ0n) is 9.07. The first-order valence-corrected chi connectivity index (χ1v) is 5.16. The lowest BCUT2D eigenvalue weighted by atomic mass is 10.0. The van der Waals surface area contributed by atoms with Gasteiger partial charge in [-0.3, -0.25) is 0 Å². The Morgan fingerprint density at radius 3 is 2.94 bits per heavy atom. The normalized spacial score (nSPS) is 12.7. The second kappa shape index (κ2) is 4.45. The van der Waals surface area contributed by atoms with Gasteiger partial charge in [0.05, 0.1) is 6.04 Å². The van der Waals surface area contributed by atoms with Gasteiger partial charge in [0, 0.05) is 12.4 Å². The molecule has 2 rings (SSSR count). The minimum atomic E-state index is -0.215. The van der Waals surface area contributed by atoms with Crippen LogP contribution < -0.4 is 5.73 Å². The highest BCUT2D eigenvalue weighted by Gasteiger charge is 2.10. The summed E-state index contributed by atoms with van der Waals surface area (Å²) in [6.07, 6.45) is 4.07. The van der Waals surface area contributed by atoms with Crippen molar-refractivity contribution in [3.8, 4) is 0 Å². The number of nitrogens with two attached hydrogens (primary N) is 1. The average molecular weight is 219 g/mol. The highest BCUT2D eigenvalue weighted by atomic mass is 19.1. The number of aromatic amines is 1. The molecule has 2 aromatic rings. The van der Waals surface area contributed by atoms with E-state index < -0.39 is 0 Å². The van der Waals surface area contributed by atoms with Crippen molar-refractivity contribution in [2.45, 2.75) is 19.4 Å². The lowest BCUT2D eigenvalue weighted by Crippen LogP contribution is -2.15. The van der Waals surface area contributed by atoms with Crippen LogP contribution in [0.15, 0.2) is 30.6 Å². The van der Waals surface area contributed by atoms with E-state index in [1.807, 2.05) is 6.92 Å². The average Bonchev–Trinajstić information content (AvgIpc) is 2.75. The van der Waals surface area contributed by atoms with Gasteiger partial charge in [-0.2, -0.15) is 0 Å². The molecule has 0 spiro atoms. The van der Waals surface area contributed by atoms with Crippen molar-refractivity contribution in [1.82, 2.24) is 9.97 Å². The van der Waals surface area contributed by atoms with Crippen LogP contribution >= 0.6 is 0 Å². The molecular formula is C12H14FN3. The third-order valence-corrected chi connectivity index (χ3v) is 2.62. The Hall–Kier alpha value is -1.68. The van der Waals surface area contributed by atoms with Crippen molar-refractivity contribution in [2.24, 2.45) is 5.73 Å². The number of aromatic nitrogens is 2. The maximum Gasteiger partial charge on any atom is 0.123 e. The Labute approximate surface area is 93.5 Å². The molecule has 0 aliphatic heterocycles. The predicted molar refractivity (Wildman–Crippen MR) is 60.4 cm³/mol. The van der Waals surface area contributed by atoms with E-state index >= 15 is 0 Å². The Balaban J connectivity index is 2.15. The van der Waals surface area contributed by atoms with Crippen LogP contribution in [0.4, 0.5) is 4.39 Å². The zero-order chi connectivity index (χ0) is 11.5. The van der Waals surface area contributed by atoms with Gasteiger partial charge in [-0.1, -0.05) is 6.07 Å². The Kier molecular flexibility index (Phi) is 3.01. The third kappa shape index (κ3) is 2.28. The molecule has 4 heteroatoms. The molecule has 3 N–H and O–H groups in total. The molecule has 0 amide bonds. The van der Waals surface area contributed by atoms with Gasteiger partial charge in [0.25, 0.3) is 0 Å². The highest BCUT2D eigenvalue weighted by Crippen LogP contribution is 2.16. The fourth-order valence-corrected chi connectivity index (χ4v) is 1.70. The monoisotopic (exact) mass is 219 g/mol. The molecule has 0 bridgehead atoms. The number of aryl methyl sites for hydroxylation is 1. The molecular weight excluding hydrogens is 205 g/mol. The van der Waals surface area contributed by atoms with E-state index in [-0.39, 0.29) is 11.9 Å². The Morgan fingerprint density at radius 2 is 2.31 bits per heavy atom. The van der Waals surface area contributed by atoms with Crippen LogP contribution in [0.3, 0.4) is 0 Å². The molecule has 0 radical (unpaired) electrons. The summed E-state index contributed by atoms with van der Waals surface area (Å²) in [5.74, 6) is 0.538. The highest BCUT2D eigenvalue weighted by molar-refractivity contribution is 5.27. The van der Waals surface area contributed by atoms with E-state index in [9.17, 15) is 4.39 Å². The summed E-state index contributed by atoms with van der Waals surface area (Å²) in [5, 5.41) is 0. The maximum absolute atomic E-state index is 12.9. The summed E-state index contributed by atoms with van der Waals surface area (Å²) in [6.45, 7) is 1.88. The van der Waals surface area contributed by atoms with Crippen molar-refractivity contribution < 1.29 is 4.39 Å². The minimum absolute atomic E-state index is 0.181. The number of hydrogen-bond acceptors (Lipinski definition) is 2. The van der Waals surface area contributed by atoms with Gasteiger partial charge in [-0.15, -0.1) is 0 Å². The minimum Gasteiger partial charge on any atom is -0.347 e.